The Labute approximate surface area is 86.8 Å². The van der Waals surface area contributed by atoms with Crippen LogP contribution < -0.4 is 5.32 Å². The topological polar surface area (TPSA) is 63.1 Å². The maximum Gasteiger partial charge on any atom is 0.314 e. The molecule has 0 aromatic carbocycles. The maximum absolute atomic E-state index is 5.55. The fraction of sp³-hybridized carbons (Fsp3) is 0.750. The van der Waals surface area contributed by atoms with Gasteiger partial charge in [-0.05, 0) is 18.6 Å². The van der Waals surface area contributed by atoms with Gasteiger partial charge in [0.05, 0.1) is 12.7 Å². The number of aromatic amines is 1. The summed E-state index contributed by atoms with van der Waals surface area (Å²) >= 11 is 4.75. The number of aryl methyl sites for hydroxylation is 1. The minimum absolute atomic E-state index is 0.266. The van der Waals surface area contributed by atoms with Crippen LogP contribution in [-0.4, -0.2) is 35.9 Å². The first-order valence-corrected chi connectivity index (χ1v) is 5.12. The van der Waals surface area contributed by atoms with Crippen LogP contribution in [0.1, 0.15) is 12.2 Å². The van der Waals surface area contributed by atoms with Crippen molar-refractivity contribution in [3.8, 4) is 0 Å². The Morgan fingerprint density at radius 3 is 3.14 bits per heavy atom. The monoisotopic (exact) mass is 215 g/mol. The molecule has 1 aliphatic heterocycles. The summed E-state index contributed by atoms with van der Waals surface area (Å²) in [4.78, 5) is 4.28. The second-order valence-electron chi connectivity index (χ2n) is 3.26. The molecule has 1 aromatic rings. The third kappa shape index (κ3) is 2.63. The lowest BCUT2D eigenvalue weighted by Gasteiger charge is -2.22. The van der Waals surface area contributed by atoms with E-state index in [4.69, 9.17) is 21.5 Å². The van der Waals surface area contributed by atoms with E-state index < -0.39 is 0 Å². The highest BCUT2D eigenvalue weighted by molar-refractivity contribution is 7.71. The van der Waals surface area contributed by atoms with Crippen LogP contribution in [0.2, 0.25) is 0 Å². The summed E-state index contributed by atoms with van der Waals surface area (Å²) in [5, 5.41) is 5.96. The van der Waals surface area contributed by atoms with E-state index in [-0.39, 0.29) is 10.9 Å². The average molecular weight is 215 g/mol. The molecule has 0 bridgehead atoms. The van der Waals surface area contributed by atoms with Gasteiger partial charge in [0.1, 0.15) is 5.82 Å². The number of morpholine rings is 1. The van der Waals surface area contributed by atoms with Crippen molar-refractivity contribution in [3.05, 3.63) is 10.7 Å². The molecule has 6 heteroatoms. The van der Waals surface area contributed by atoms with E-state index in [1.54, 1.807) is 0 Å². The number of hydrogen-bond donors (Lipinski definition) is 2. The molecule has 0 amide bonds. The van der Waals surface area contributed by atoms with Crippen molar-refractivity contribution in [2.75, 3.05) is 19.7 Å². The van der Waals surface area contributed by atoms with Gasteiger partial charge in [-0.2, -0.15) is 4.98 Å². The van der Waals surface area contributed by atoms with Gasteiger partial charge in [0, 0.05) is 19.5 Å². The summed E-state index contributed by atoms with van der Waals surface area (Å²) in [6.07, 6.45) is 2.03. The SMILES string of the molecule is S=c1nc(CCC2CNCCO2)[nH]o1. The highest BCUT2D eigenvalue weighted by atomic mass is 32.1. The number of H-pyrrole nitrogens is 1. The molecule has 2 heterocycles. The van der Waals surface area contributed by atoms with E-state index >= 15 is 0 Å². The number of nitrogens with one attached hydrogen (secondary N) is 2. The summed E-state index contributed by atoms with van der Waals surface area (Å²) in [5.74, 6) is 0.796. The zero-order chi connectivity index (χ0) is 9.80. The quantitative estimate of drug-likeness (QED) is 0.725. The van der Waals surface area contributed by atoms with E-state index in [9.17, 15) is 0 Å². The molecule has 0 radical (unpaired) electrons. The lowest BCUT2D eigenvalue weighted by molar-refractivity contribution is 0.0235. The summed E-state index contributed by atoms with van der Waals surface area (Å²) < 4.78 is 10.4. The molecule has 14 heavy (non-hydrogen) atoms. The van der Waals surface area contributed by atoms with Crippen molar-refractivity contribution in [1.82, 2.24) is 15.5 Å². The first kappa shape index (κ1) is 9.82. The zero-order valence-corrected chi connectivity index (χ0v) is 8.60. The molecule has 2 rings (SSSR count). The van der Waals surface area contributed by atoms with Gasteiger partial charge in [0.15, 0.2) is 0 Å². The summed E-state index contributed by atoms with van der Waals surface area (Å²) in [6, 6.07) is 0. The van der Waals surface area contributed by atoms with Gasteiger partial charge in [-0.1, -0.05) is 0 Å². The van der Waals surface area contributed by atoms with E-state index in [0.717, 1.165) is 38.4 Å². The van der Waals surface area contributed by atoms with Crippen molar-refractivity contribution in [3.63, 3.8) is 0 Å². The van der Waals surface area contributed by atoms with Crippen LogP contribution >= 0.6 is 12.2 Å². The molecule has 78 valence electrons. The van der Waals surface area contributed by atoms with Crippen LogP contribution in [0, 0.1) is 4.84 Å². The Bertz CT molecular complexity index is 329. The van der Waals surface area contributed by atoms with E-state index in [1.165, 1.54) is 0 Å². The third-order valence-corrected chi connectivity index (χ3v) is 2.36. The maximum atomic E-state index is 5.55. The number of nitrogens with zero attached hydrogens (tertiary/aromatic N) is 1. The van der Waals surface area contributed by atoms with E-state index in [1.807, 2.05) is 0 Å². The minimum Gasteiger partial charge on any atom is -0.376 e. The Hall–Kier alpha value is -0.720. The van der Waals surface area contributed by atoms with Gasteiger partial charge in [-0.25, -0.2) is 5.16 Å². The molecule has 1 saturated heterocycles. The first-order chi connectivity index (χ1) is 6.84. The largest absolute Gasteiger partial charge is 0.376 e. The minimum atomic E-state index is 0.266. The van der Waals surface area contributed by atoms with E-state index in [0.29, 0.717) is 0 Å². The Kier molecular flexibility index (Phi) is 3.28. The molecule has 2 N–H and O–H groups in total. The summed E-state index contributed by atoms with van der Waals surface area (Å²) in [6.45, 7) is 2.65. The lowest BCUT2D eigenvalue weighted by Crippen LogP contribution is -2.38. The fourth-order valence-electron chi connectivity index (χ4n) is 1.47. The standard InChI is InChI=1S/C8H13N3O2S/c14-8-10-7(11-13-8)2-1-6-5-9-3-4-12-6/h6,9H,1-5H2,(H,10,11,14). The third-order valence-electron chi connectivity index (χ3n) is 2.19. The highest BCUT2D eigenvalue weighted by Gasteiger charge is 2.13. The van der Waals surface area contributed by atoms with Crippen molar-refractivity contribution in [2.24, 2.45) is 0 Å². The predicted octanol–water partition coefficient (Wildman–Crippen LogP) is 0.653. The normalized spacial score (nSPS) is 22.4. The smallest absolute Gasteiger partial charge is 0.314 e. The van der Waals surface area contributed by atoms with Crippen molar-refractivity contribution in [1.29, 1.82) is 0 Å². The number of aromatic nitrogens is 2. The molecule has 1 aromatic heterocycles. The van der Waals surface area contributed by atoms with Gasteiger partial charge in [0.2, 0.25) is 0 Å². The summed E-state index contributed by atoms with van der Waals surface area (Å²) in [5.41, 5.74) is 0. The van der Waals surface area contributed by atoms with Crippen LogP contribution in [0.3, 0.4) is 0 Å². The second-order valence-corrected chi connectivity index (χ2v) is 3.61. The second kappa shape index (κ2) is 4.68. The Morgan fingerprint density at radius 1 is 1.57 bits per heavy atom. The molecule has 5 nitrogen and oxygen atoms in total. The zero-order valence-electron chi connectivity index (χ0n) is 7.78. The summed E-state index contributed by atoms with van der Waals surface area (Å²) in [7, 11) is 0. The van der Waals surface area contributed by atoms with Crippen LogP contribution in [-0.2, 0) is 11.2 Å². The molecule has 1 fully saturated rings. The van der Waals surface area contributed by atoms with Crippen LogP contribution in [0.4, 0.5) is 0 Å². The lowest BCUT2D eigenvalue weighted by atomic mass is 10.2. The molecule has 0 aliphatic carbocycles. The van der Waals surface area contributed by atoms with Crippen molar-refractivity contribution in [2.45, 2.75) is 18.9 Å². The number of hydrogen-bond acceptors (Lipinski definition) is 5. The Morgan fingerprint density at radius 2 is 2.50 bits per heavy atom. The first-order valence-electron chi connectivity index (χ1n) is 4.71. The van der Waals surface area contributed by atoms with E-state index in [2.05, 4.69) is 15.5 Å². The van der Waals surface area contributed by atoms with Gasteiger partial charge >= 0.3 is 4.84 Å². The molecule has 1 aliphatic rings. The molecule has 1 unspecified atom stereocenters. The van der Waals surface area contributed by atoms with Crippen LogP contribution in [0.5, 0.6) is 0 Å². The van der Waals surface area contributed by atoms with Gasteiger partial charge in [-0.3, -0.25) is 0 Å². The molecule has 1 atom stereocenters. The van der Waals surface area contributed by atoms with Crippen LogP contribution in [0.15, 0.2) is 4.52 Å². The van der Waals surface area contributed by atoms with Gasteiger partial charge in [-0.15, -0.1) is 0 Å². The Balaban J connectivity index is 1.78. The molecule has 0 saturated carbocycles. The molecular weight excluding hydrogens is 202 g/mol. The van der Waals surface area contributed by atoms with Crippen molar-refractivity contribution >= 4 is 12.2 Å². The van der Waals surface area contributed by atoms with Crippen molar-refractivity contribution < 1.29 is 9.26 Å². The highest BCUT2D eigenvalue weighted by Crippen LogP contribution is 2.05. The molecule has 0 spiro atoms. The predicted molar refractivity (Wildman–Crippen MR) is 52.6 cm³/mol. The number of rotatable bonds is 3. The molecular formula is C8H13N3O2S. The van der Waals surface area contributed by atoms with Gasteiger partial charge in [0.25, 0.3) is 0 Å². The van der Waals surface area contributed by atoms with Gasteiger partial charge < -0.3 is 14.6 Å². The average Bonchev–Trinajstić information content (AvgIpc) is 2.63. The van der Waals surface area contributed by atoms with Crippen LogP contribution in [0.25, 0.3) is 0 Å². The fourth-order valence-corrected chi connectivity index (χ4v) is 1.62. The number of ether oxygens (including phenoxy) is 1.